The van der Waals surface area contributed by atoms with E-state index >= 15 is 0 Å². The first-order valence-electron chi connectivity index (χ1n) is 11.7. The van der Waals surface area contributed by atoms with Gasteiger partial charge in [-0.2, -0.15) is 0 Å². The number of aromatic nitrogens is 2. The Bertz CT molecular complexity index is 1290. The van der Waals surface area contributed by atoms with Crippen LogP contribution in [0.2, 0.25) is 0 Å². The molecular formula is C26H27N5O3S. The molecule has 9 heteroatoms. The molecule has 35 heavy (non-hydrogen) atoms. The van der Waals surface area contributed by atoms with E-state index in [9.17, 15) is 9.59 Å². The molecule has 2 aromatic carbocycles. The van der Waals surface area contributed by atoms with Crippen LogP contribution in [0.4, 0.5) is 10.7 Å². The highest BCUT2D eigenvalue weighted by atomic mass is 32.2. The molecule has 8 nitrogen and oxygen atoms in total. The van der Waals surface area contributed by atoms with Crippen LogP contribution in [0, 0.1) is 0 Å². The number of nitrogens with one attached hydrogen (secondary N) is 3. The molecule has 3 aromatic rings. The molecule has 5 rings (SSSR count). The fourth-order valence-electron chi connectivity index (χ4n) is 4.64. The van der Waals surface area contributed by atoms with Crippen LogP contribution in [-0.2, 0) is 11.3 Å². The topological polar surface area (TPSA) is 105 Å². The Morgan fingerprint density at radius 1 is 1.09 bits per heavy atom. The number of carbonyl (C=O) groups excluding carboxylic acids is 2. The van der Waals surface area contributed by atoms with E-state index in [4.69, 9.17) is 4.74 Å². The summed E-state index contributed by atoms with van der Waals surface area (Å²) in [7, 11) is 1.72. The van der Waals surface area contributed by atoms with Crippen molar-refractivity contribution < 1.29 is 14.3 Å². The van der Waals surface area contributed by atoms with Crippen molar-refractivity contribution in [1.82, 2.24) is 20.6 Å². The zero-order valence-electron chi connectivity index (χ0n) is 19.4. The number of amides is 2. The summed E-state index contributed by atoms with van der Waals surface area (Å²) in [5.41, 5.74) is 1.79. The Kier molecular flexibility index (Phi) is 6.96. The van der Waals surface area contributed by atoms with E-state index in [0.29, 0.717) is 22.6 Å². The van der Waals surface area contributed by atoms with E-state index in [1.54, 1.807) is 25.4 Å². The van der Waals surface area contributed by atoms with Crippen LogP contribution in [0.15, 0.2) is 53.6 Å². The van der Waals surface area contributed by atoms with Crippen LogP contribution in [0.5, 0.6) is 5.75 Å². The van der Waals surface area contributed by atoms with E-state index in [1.807, 2.05) is 6.07 Å². The first kappa shape index (κ1) is 23.3. The molecule has 2 amide bonds. The SMILES string of the molecule is COc1ccc2ccccc2c1CNC1CCC(Nc2nccc(C=C3SC(=O)NC3=O)n2)CC1. The zero-order chi connectivity index (χ0) is 24.2. The highest BCUT2D eigenvalue weighted by Gasteiger charge is 2.25. The predicted molar refractivity (Wildman–Crippen MR) is 138 cm³/mol. The molecule has 1 aromatic heterocycles. The number of anilines is 1. The maximum Gasteiger partial charge on any atom is 0.290 e. The van der Waals surface area contributed by atoms with Crippen molar-refractivity contribution in [2.75, 3.05) is 12.4 Å². The lowest BCUT2D eigenvalue weighted by Crippen LogP contribution is -2.37. The average Bonchev–Trinajstić information content (AvgIpc) is 3.19. The second-order valence-electron chi connectivity index (χ2n) is 8.70. The number of hydrogen-bond donors (Lipinski definition) is 3. The number of fused-ring (bicyclic) bond motifs is 1. The van der Waals surface area contributed by atoms with Crippen LogP contribution in [0.3, 0.4) is 0 Å². The van der Waals surface area contributed by atoms with Gasteiger partial charge < -0.3 is 15.4 Å². The summed E-state index contributed by atoms with van der Waals surface area (Å²) in [6.45, 7) is 0.765. The third-order valence-electron chi connectivity index (χ3n) is 6.44. The van der Waals surface area contributed by atoms with Gasteiger partial charge in [0.15, 0.2) is 0 Å². The molecule has 2 fully saturated rings. The van der Waals surface area contributed by atoms with Crippen LogP contribution in [0.1, 0.15) is 36.9 Å². The number of ether oxygens (including phenoxy) is 1. The van der Waals surface area contributed by atoms with Crippen LogP contribution < -0.4 is 20.7 Å². The number of carbonyl (C=O) groups is 2. The molecule has 3 N–H and O–H groups in total. The lowest BCUT2D eigenvalue weighted by molar-refractivity contribution is -0.115. The molecule has 0 bridgehead atoms. The maximum atomic E-state index is 11.8. The summed E-state index contributed by atoms with van der Waals surface area (Å²) < 4.78 is 5.63. The predicted octanol–water partition coefficient (Wildman–Crippen LogP) is 4.48. The summed E-state index contributed by atoms with van der Waals surface area (Å²) in [6, 6.07) is 15.0. The molecular weight excluding hydrogens is 462 g/mol. The van der Waals surface area contributed by atoms with Crippen LogP contribution >= 0.6 is 11.8 Å². The fourth-order valence-corrected chi connectivity index (χ4v) is 5.31. The van der Waals surface area contributed by atoms with Crippen molar-refractivity contribution in [2.45, 2.75) is 44.3 Å². The Morgan fingerprint density at radius 2 is 1.89 bits per heavy atom. The second kappa shape index (κ2) is 10.5. The fraction of sp³-hybridized carbons (Fsp3) is 0.308. The average molecular weight is 490 g/mol. The summed E-state index contributed by atoms with van der Waals surface area (Å²) in [5.74, 6) is 1.06. The van der Waals surface area contributed by atoms with Gasteiger partial charge in [0.25, 0.3) is 11.1 Å². The smallest absolute Gasteiger partial charge is 0.290 e. The van der Waals surface area contributed by atoms with Gasteiger partial charge in [0.05, 0.1) is 17.7 Å². The molecule has 0 atom stereocenters. The van der Waals surface area contributed by atoms with Gasteiger partial charge in [-0.15, -0.1) is 0 Å². The van der Waals surface area contributed by atoms with Crippen molar-refractivity contribution in [3.05, 3.63) is 64.8 Å². The Labute approximate surface area is 207 Å². The third kappa shape index (κ3) is 5.47. The number of methoxy groups -OCH3 is 1. The van der Waals surface area contributed by atoms with Gasteiger partial charge in [0, 0.05) is 30.4 Å². The number of imide groups is 1. The largest absolute Gasteiger partial charge is 0.496 e. The number of benzene rings is 2. The molecule has 0 unspecified atom stereocenters. The van der Waals surface area contributed by atoms with Crippen LogP contribution in [0.25, 0.3) is 16.8 Å². The Hall–Kier alpha value is -3.43. The third-order valence-corrected chi connectivity index (χ3v) is 7.25. The maximum absolute atomic E-state index is 11.8. The molecule has 2 aliphatic rings. The van der Waals surface area contributed by atoms with E-state index in [0.717, 1.165) is 49.7 Å². The van der Waals surface area contributed by atoms with Crippen molar-refractivity contribution in [3.8, 4) is 5.75 Å². The van der Waals surface area contributed by atoms with Crippen molar-refractivity contribution >= 4 is 45.7 Å². The second-order valence-corrected chi connectivity index (χ2v) is 9.71. The number of rotatable bonds is 7. The summed E-state index contributed by atoms with van der Waals surface area (Å²) in [5, 5.41) is 11.5. The summed E-state index contributed by atoms with van der Waals surface area (Å²) >= 11 is 0.882. The molecule has 1 aliphatic carbocycles. The normalized spacial score (nSPS) is 21.3. The van der Waals surface area contributed by atoms with E-state index in [2.05, 4.69) is 56.3 Å². The molecule has 2 heterocycles. The summed E-state index contributed by atoms with van der Waals surface area (Å²) in [4.78, 5) is 32.3. The van der Waals surface area contributed by atoms with Gasteiger partial charge in [-0.3, -0.25) is 14.9 Å². The lowest BCUT2D eigenvalue weighted by atomic mass is 9.91. The zero-order valence-corrected chi connectivity index (χ0v) is 20.2. The highest BCUT2D eigenvalue weighted by Crippen LogP contribution is 2.29. The van der Waals surface area contributed by atoms with Crippen molar-refractivity contribution in [2.24, 2.45) is 0 Å². The first-order valence-corrected chi connectivity index (χ1v) is 12.5. The van der Waals surface area contributed by atoms with Crippen molar-refractivity contribution in [3.63, 3.8) is 0 Å². The standard InChI is InChI=1S/C26H27N5O3S/c1-34-22-11-6-16-4-2-3-5-20(16)21(22)15-28-17-7-9-18(10-8-17)29-25-27-13-12-19(30-25)14-23-24(32)31-26(33)35-23/h2-6,11-14,17-18,28H,7-10,15H2,1H3,(H,27,29,30)(H,31,32,33). The number of nitrogens with zero attached hydrogens (tertiary/aromatic N) is 2. The molecule has 180 valence electrons. The van der Waals surface area contributed by atoms with Gasteiger partial charge >= 0.3 is 0 Å². The molecule has 1 saturated heterocycles. The minimum absolute atomic E-state index is 0.286. The molecule has 1 aliphatic heterocycles. The van der Waals surface area contributed by atoms with Gasteiger partial charge in [0.2, 0.25) is 5.95 Å². The van der Waals surface area contributed by atoms with Crippen molar-refractivity contribution in [1.29, 1.82) is 0 Å². The van der Waals surface area contributed by atoms with Gasteiger partial charge in [-0.25, -0.2) is 9.97 Å². The van der Waals surface area contributed by atoms with E-state index in [-0.39, 0.29) is 17.2 Å². The van der Waals surface area contributed by atoms with E-state index in [1.165, 1.54) is 16.3 Å². The number of thioether (sulfide) groups is 1. The molecule has 0 spiro atoms. The lowest BCUT2D eigenvalue weighted by Gasteiger charge is -2.30. The monoisotopic (exact) mass is 489 g/mol. The van der Waals surface area contributed by atoms with Gasteiger partial charge in [-0.05, 0) is 66.4 Å². The number of hydrogen-bond acceptors (Lipinski definition) is 8. The van der Waals surface area contributed by atoms with E-state index < -0.39 is 0 Å². The highest BCUT2D eigenvalue weighted by molar-refractivity contribution is 8.18. The first-order chi connectivity index (χ1) is 17.1. The van der Waals surface area contributed by atoms with Gasteiger partial charge in [0.1, 0.15) is 5.75 Å². The molecule has 0 radical (unpaired) electrons. The quantitative estimate of drug-likeness (QED) is 0.418. The Balaban J connectivity index is 1.16. The Morgan fingerprint density at radius 3 is 2.66 bits per heavy atom. The summed E-state index contributed by atoms with van der Waals surface area (Å²) in [6.07, 6.45) is 7.38. The van der Waals surface area contributed by atoms with Gasteiger partial charge in [-0.1, -0.05) is 30.3 Å². The minimum Gasteiger partial charge on any atom is -0.496 e. The van der Waals surface area contributed by atoms with Crippen LogP contribution in [-0.4, -0.2) is 40.3 Å². The minimum atomic E-state index is -0.389. The molecule has 1 saturated carbocycles.